The van der Waals surface area contributed by atoms with Gasteiger partial charge in [0.1, 0.15) is 11.3 Å². The quantitative estimate of drug-likeness (QED) is 0.393. The summed E-state index contributed by atoms with van der Waals surface area (Å²) in [6.45, 7) is 3.60. The third-order valence-electron chi connectivity index (χ3n) is 6.04. The van der Waals surface area contributed by atoms with Gasteiger partial charge in [0.05, 0.1) is 5.52 Å². The molecular formula is C26H24ClN5O2. The molecule has 5 rings (SSSR count). The van der Waals surface area contributed by atoms with Gasteiger partial charge in [-0.15, -0.1) is 10.2 Å². The van der Waals surface area contributed by atoms with E-state index in [1.807, 2.05) is 48.2 Å². The summed E-state index contributed by atoms with van der Waals surface area (Å²) < 4.78 is 0. The number of carbonyl (C=O) groups is 1. The van der Waals surface area contributed by atoms with E-state index in [0.29, 0.717) is 22.1 Å². The summed E-state index contributed by atoms with van der Waals surface area (Å²) in [4.78, 5) is 19.2. The van der Waals surface area contributed by atoms with E-state index in [4.69, 9.17) is 11.6 Å². The van der Waals surface area contributed by atoms with E-state index in [-0.39, 0.29) is 11.7 Å². The number of fused-ring (bicyclic) bond motifs is 1. The first-order chi connectivity index (χ1) is 16.5. The highest BCUT2D eigenvalue weighted by atomic mass is 35.5. The summed E-state index contributed by atoms with van der Waals surface area (Å²) in [5, 5.41) is 22.1. The van der Waals surface area contributed by atoms with Gasteiger partial charge in [-0.2, -0.15) is 0 Å². The normalized spacial score (nSPS) is 13.8. The Balaban J connectivity index is 1.37. The van der Waals surface area contributed by atoms with Gasteiger partial charge in [0, 0.05) is 34.9 Å². The number of likely N-dealkylation sites (tertiary alicyclic amines) is 1. The van der Waals surface area contributed by atoms with Crippen LogP contribution in [0.3, 0.4) is 0 Å². The molecule has 4 aromatic rings. The molecule has 8 heteroatoms. The molecule has 1 fully saturated rings. The fraction of sp³-hybridized carbons (Fsp3) is 0.231. The van der Waals surface area contributed by atoms with E-state index in [1.165, 1.54) is 6.42 Å². The van der Waals surface area contributed by atoms with Crippen molar-refractivity contribution in [2.45, 2.75) is 26.2 Å². The number of nitrogens with one attached hydrogen (secondary N) is 1. The first-order valence-corrected chi connectivity index (χ1v) is 11.7. The van der Waals surface area contributed by atoms with E-state index >= 15 is 0 Å². The zero-order valence-electron chi connectivity index (χ0n) is 18.8. The van der Waals surface area contributed by atoms with Crippen LogP contribution >= 0.6 is 11.6 Å². The standard InChI is InChI=1S/C26H24ClN5O2/c1-16-13-18(21-15-20(33)9-10-22(21)27)14-23-24(16)29-26(31-30-23)28-19-7-5-17(6-8-19)25(34)32-11-3-2-4-12-32/h5-10,13-15,33H,2-4,11-12H2,1H3,(H,28,29,31). The number of aromatic hydroxyl groups is 1. The Morgan fingerprint density at radius 3 is 2.53 bits per heavy atom. The van der Waals surface area contributed by atoms with Gasteiger partial charge < -0.3 is 15.3 Å². The number of piperidine rings is 1. The van der Waals surface area contributed by atoms with E-state index in [0.717, 1.165) is 53.8 Å². The van der Waals surface area contributed by atoms with Gasteiger partial charge in [-0.25, -0.2) is 4.98 Å². The number of hydrogen-bond acceptors (Lipinski definition) is 6. The maximum atomic E-state index is 12.7. The summed E-state index contributed by atoms with van der Waals surface area (Å²) in [6, 6.07) is 16.0. The molecule has 0 atom stereocenters. The molecule has 7 nitrogen and oxygen atoms in total. The lowest BCUT2D eigenvalue weighted by atomic mass is 10.0. The number of halogens is 1. The van der Waals surface area contributed by atoms with Crippen molar-refractivity contribution >= 4 is 40.2 Å². The Morgan fingerprint density at radius 1 is 1.00 bits per heavy atom. The lowest BCUT2D eigenvalue weighted by Gasteiger charge is -2.26. The summed E-state index contributed by atoms with van der Waals surface area (Å²) in [5.74, 6) is 0.589. The minimum Gasteiger partial charge on any atom is -0.508 e. The number of phenols is 1. The SMILES string of the molecule is Cc1cc(-c2cc(O)ccc2Cl)cc2nnc(Nc3ccc(C(=O)N4CCCCC4)cc3)nc12. The van der Waals surface area contributed by atoms with Gasteiger partial charge in [-0.1, -0.05) is 11.6 Å². The van der Waals surface area contributed by atoms with Gasteiger partial charge in [0.2, 0.25) is 5.95 Å². The van der Waals surface area contributed by atoms with Crippen molar-refractivity contribution in [3.8, 4) is 16.9 Å². The van der Waals surface area contributed by atoms with Gasteiger partial charge in [-0.05, 0) is 91.9 Å². The molecule has 1 aromatic heterocycles. The molecule has 0 radical (unpaired) electrons. The van der Waals surface area contributed by atoms with E-state index in [2.05, 4.69) is 20.5 Å². The minimum absolute atomic E-state index is 0.0770. The molecule has 3 aromatic carbocycles. The maximum absolute atomic E-state index is 12.7. The highest BCUT2D eigenvalue weighted by Gasteiger charge is 2.18. The van der Waals surface area contributed by atoms with Gasteiger partial charge >= 0.3 is 0 Å². The van der Waals surface area contributed by atoms with Crippen LogP contribution < -0.4 is 5.32 Å². The zero-order valence-corrected chi connectivity index (χ0v) is 19.5. The predicted molar refractivity (Wildman–Crippen MR) is 134 cm³/mol. The van der Waals surface area contributed by atoms with Crippen molar-refractivity contribution in [3.05, 3.63) is 70.7 Å². The van der Waals surface area contributed by atoms with Crippen molar-refractivity contribution < 1.29 is 9.90 Å². The number of aryl methyl sites for hydroxylation is 1. The molecule has 1 aliphatic rings. The average molecular weight is 474 g/mol. The first kappa shape index (κ1) is 22.1. The van der Waals surface area contributed by atoms with Crippen molar-refractivity contribution in [2.75, 3.05) is 18.4 Å². The molecule has 0 bridgehead atoms. The summed E-state index contributed by atoms with van der Waals surface area (Å²) in [7, 11) is 0. The Hall–Kier alpha value is -3.71. The Bertz CT molecular complexity index is 1370. The second kappa shape index (κ2) is 9.27. The van der Waals surface area contributed by atoms with Crippen LogP contribution in [0.25, 0.3) is 22.2 Å². The fourth-order valence-corrected chi connectivity index (χ4v) is 4.49. The second-order valence-corrected chi connectivity index (χ2v) is 8.92. The minimum atomic E-state index is 0.0770. The van der Waals surface area contributed by atoms with Crippen molar-refractivity contribution in [3.63, 3.8) is 0 Å². The molecule has 0 aliphatic carbocycles. The monoisotopic (exact) mass is 473 g/mol. The van der Waals surface area contributed by atoms with E-state index in [9.17, 15) is 9.90 Å². The molecule has 2 N–H and O–H groups in total. The third kappa shape index (κ3) is 4.52. The lowest BCUT2D eigenvalue weighted by Crippen LogP contribution is -2.35. The topological polar surface area (TPSA) is 91.2 Å². The Labute approximate surface area is 202 Å². The molecule has 0 unspecified atom stereocenters. The molecule has 1 saturated heterocycles. The number of hydrogen-bond donors (Lipinski definition) is 2. The van der Waals surface area contributed by atoms with Crippen LogP contribution in [0.15, 0.2) is 54.6 Å². The van der Waals surface area contributed by atoms with E-state index in [1.54, 1.807) is 18.2 Å². The number of amides is 1. The lowest BCUT2D eigenvalue weighted by molar-refractivity contribution is 0.0724. The number of phenolic OH excluding ortho intramolecular Hbond substituents is 1. The van der Waals surface area contributed by atoms with Gasteiger partial charge in [0.15, 0.2) is 0 Å². The molecule has 34 heavy (non-hydrogen) atoms. The highest BCUT2D eigenvalue weighted by molar-refractivity contribution is 6.33. The predicted octanol–water partition coefficient (Wildman–Crippen LogP) is 5.73. The van der Waals surface area contributed by atoms with Crippen LogP contribution in [0, 0.1) is 6.92 Å². The molecule has 0 saturated carbocycles. The van der Waals surface area contributed by atoms with Crippen LogP contribution in [0.1, 0.15) is 35.2 Å². The Kier molecular flexibility index (Phi) is 6.02. The largest absolute Gasteiger partial charge is 0.508 e. The first-order valence-electron chi connectivity index (χ1n) is 11.3. The average Bonchev–Trinajstić information content (AvgIpc) is 2.86. The van der Waals surface area contributed by atoms with Crippen LogP contribution in [0.5, 0.6) is 5.75 Å². The molecule has 1 aliphatic heterocycles. The summed E-state index contributed by atoms with van der Waals surface area (Å²) in [5.41, 5.74) is 5.26. The van der Waals surface area contributed by atoms with Crippen LogP contribution in [-0.4, -0.2) is 44.2 Å². The smallest absolute Gasteiger partial charge is 0.253 e. The molecule has 172 valence electrons. The number of nitrogens with zero attached hydrogens (tertiary/aromatic N) is 4. The maximum Gasteiger partial charge on any atom is 0.253 e. The third-order valence-corrected chi connectivity index (χ3v) is 6.37. The second-order valence-electron chi connectivity index (χ2n) is 8.52. The number of benzene rings is 3. The van der Waals surface area contributed by atoms with Crippen molar-refractivity contribution in [2.24, 2.45) is 0 Å². The number of rotatable bonds is 4. The van der Waals surface area contributed by atoms with Crippen molar-refractivity contribution in [1.82, 2.24) is 20.1 Å². The Morgan fingerprint density at radius 2 is 1.76 bits per heavy atom. The van der Waals surface area contributed by atoms with E-state index < -0.39 is 0 Å². The summed E-state index contributed by atoms with van der Waals surface area (Å²) >= 11 is 6.33. The fourth-order valence-electron chi connectivity index (χ4n) is 4.26. The zero-order chi connectivity index (χ0) is 23.7. The molecular weight excluding hydrogens is 450 g/mol. The van der Waals surface area contributed by atoms with Gasteiger partial charge in [-0.3, -0.25) is 4.79 Å². The highest BCUT2D eigenvalue weighted by Crippen LogP contribution is 2.33. The number of anilines is 2. The van der Waals surface area contributed by atoms with Crippen LogP contribution in [0.2, 0.25) is 5.02 Å². The summed E-state index contributed by atoms with van der Waals surface area (Å²) in [6.07, 6.45) is 3.33. The van der Waals surface area contributed by atoms with Gasteiger partial charge in [0.25, 0.3) is 5.91 Å². The number of aromatic nitrogens is 3. The molecule has 2 heterocycles. The molecule has 0 spiro atoms. The van der Waals surface area contributed by atoms with Crippen molar-refractivity contribution in [1.29, 1.82) is 0 Å². The van der Waals surface area contributed by atoms with Crippen LogP contribution in [0.4, 0.5) is 11.6 Å². The number of carbonyl (C=O) groups excluding carboxylic acids is 1. The molecule has 1 amide bonds. The van der Waals surface area contributed by atoms with Crippen LogP contribution in [-0.2, 0) is 0 Å².